The zero-order valence-electron chi connectivity index (χ0n) is 17.7. The number of hydrogen-bond donors (Lipinski definition) is 1. The van der Waals surface area contributed by atoms with Crippen LogP contribution >= 0.6 is 0 Å². The smallest absolute Gasteiger partial charge is 0.0976 e. The third-order valence-corrected chi connectivity index (χ3v) is 6.23. The predicted octanol–water partition coefficient (Wildman–Crippen LogP) is 3.82. The second-order valence-corrected chi connectivity index (χ2v) is 8.11. The van der Waals surface area contributed by atoms with Crippen LogP contribution in [0.15, 0.2) is 48.5 Å². The Morgan fingerprint density at radius 3 is 2.18 bits per heavy atom. The third-order valence-electron chi connectivity index (χ3n) is 6.23. The zero-order chi connectivity index (χ0) is 20.1. The lowest BCUT2D eigenvalue weighted by molar-refractivity contribution is -0.0122. The molecule has 1 heterocycles. The molecular formula is C24H34N2O2. The highest BCUT2D eigenvalue weighted by atomic mass is 16.5. The second-order valence-electron chi connectivity index (χ2n) is 8.11. The van der Waals surface area contributed by atoms with Crippen molar-refractivity contribution in [3.8, 4) is 0 Å². The summed E-state index contributed by atoms with van der Waals surface area (Å²) in [5, 5.41) is 11.4. The van der Waals surface area contributed by atoms with Gasteiger partial charge in [-0.15, -0.1) is 0 Å². The number of aryl methyl sites for hydroxylation is 1. The standard InChI is InChI=1S/C24H34N2O2/c1-5-24(25(3)4,18-20-8-6-19(2)7-9-20)23(27)21-10-12-22(13-11-21)26-14-16-28-17-15-26/h6-13,23,27H,5,14-18H2,1-4H3. The van der Waals surface area contributed by atoms with E-state index in [-0.39, 0.29) is 5.54 Å². The average Bonchev–Trinajstić information content (AvgIpc) is 2.73. The van der Waals surface area contributed by atoms with Crippen LogP contribution < -0.4 is 4.90 Å². The number of anilines is 1. The minimum absolute atomic E-state index is 0.351. The van der Waals surface area contributed by atoms with Crippen molar-refractivity contribution in [3.63, 3.8) is 0 Å². The number of aliphatic hydroxyl groups excluding tert-OH is 1. The van der Waals surface area contributed by atoms with Crippen LogP contribution in [0.4, 0.5) is 5.69 Å². The van der Waals surface area contributed by atoms with E-state index in [4.69, 9.17) is 4.74 Å². The summed E-state index contributed by atoms with van der Waals surface area (Å²) in [6.07, 6.45) is 1.11. The van der Waals surface area contributed by atoms with Crippen molar-refractivity contribution < 1.29 is 9.84 Å². The number of hydrogen-bond acceptors (Lipinski definition) is 4. The Morgan fingerprint density at radius 1 is 1.04 bits per heavy atom. The highest BCUT2D eigenvalue weighted by molar-refractivity contribution is 5.48. The molecule has 1 saturated heterocycles. The molecule has 0 radical (unpaired) electrons. The van der Waals surface area contributed by atoms with Gasteiger partial charge in [0.1, 0.15) is 0 Å². The van der Waals surface area contributed by atoms with Gasteiger partial charge >= 0.3 is 0 Å². The summed E-state index contributed by atoms with van der Waals surface area (Å²) >= 11 is 0. The molecule has 0 spiro atoms. The fraction of sp³-hybridized carbons (Fsp3) is 0.500. The number of aliphatic hydroxyl groups is 1. The van der Waals surface area contributed by atoms with Gasteiger partial charge in [-0.1, -0.05) is 48.9 Å². The Kier molecular flexibility index (Phi) is 6.76. The predicted molar refractivity (Wildman–Crippen MR) is 116 cm³/mol. The van der Waals surface area contributed by atoms with Gasteiger partial charge in [0.05, 0.1) is 24.9 Å². The summed E-state index contributed by atoms with van der Waals surface area (Å²) in [4.78, 5) is 4.53. The SMILES string of the molecule is CCC(Cc1ccc(C)cc1)(C(O)c1ccc(N2CCOCC2)cc1)N(C)C. The van der Waals surface area contributed by atoms with Gasteiger partial charge in [-0.3, -0.25) is 0 Å². The first-order valence-electron chi connectivity index (χ1n) is 10.3. The summed E-state index contributed by atoms with van der Waals surface area (Å²) in [6, 6.07) is 17.1. The van der Waals surface area contributed by atoms with Gasteiger partial charge < -0.3 is 19.6 Å². The summed E-state index contributed by atoms with van der Waals surface area (Å²) in [7, 11) is 4.14. The number of ether oxygens (including phenoxy) is 1. The van der Waals surface area contributed by atoms with Gasteiger partial charge in [-0.2, -0.15) is 0 Å². The number of benzene rings is 2. The van der Waals surface area contributed by atoms with Crippen molar-refractivity contribution in [1.82, 2.24) is 4.90 Å². The molecule has 1 aliphatic heterocycles. The van der Waals surface area contributed by atoms with Gasteiger partial charge in [0, 0.05) is 18.8 Å². The molecule has 2 unspecified atom stereocenters. The van der Waals surface area contributed by atoms with E-state index in [0.717, 1.165) is 44.7 Å². The first-order chi connectivity index (χ1) is 13.5. The van der Waals surface area contributed by atoms with Gasteiger partial charge in [0.15, 0.2) is 0 Å². The van der Waals surface area contributed by atoms with Crippen molar-refractivity contribution in [3.05, 3.63) is 65.2 Å². The van der Waals surface area contributed by atoms with E-state index in [1.54, 1.807) is 0 Å². The number of morpholine rings is 1. The van der Waals surface area contributed by atoms with E-state index in [1.165, 1.54) is 16.8 Å². The average molecular weight is 383 g/mol. The van der Waals surface area contributed by atoms with Crippen LogP contribution in [0.1, 0.15) is 36.1 Å². The highest BCUT2D eigenvalue weighted by Gasteiger charge is 2.39. The molecule has 1 fully saturated rings. The molecule has 3 rings (SSSR count). The molecule has 28 heavy (non-hydrogen) atoms. The van der Waals surface area contributed by atoms with Crippen LogP contribution in [0.2, 0.25) is 0 Å². The molecule has 0 aromatic heterocycles. The third kappa shape index (κ3) is 4.40. The molecule has 2 aromatic carbocycles. The van der Waals surface area contributed by atoms with Crippen LogP contribution in [-0.4, -0.2) is 55.9 Å². The second kappa shape index (κ2) is 9.08. The number of rotatable bonds is 7. The van der Waals surface area contributed by atoms with Crippen molar-refractivity contribution in [2.45, 2.75) is 38.3 Å². The van der Waals surface area contributed by atoms with Gasteiger partial charge in [-0.25, -0.2) is 0 Å². The lowest BCUT2D eigenvalue weighted by Crippen LogP contribution is -2.50. The van der Waals surface area contributed by atoms with Crippen LogP contribution in [0.5, 0.6) is 0 Å². The minimum Gasteiger partial charge on any atom is -0.386 e. The van der Waals surface area contributed by atoms with E-state index in [1.807, 2.05) is 0 Å². The minimum atomic E-state index is -0.562. The molecular weight excluding hydrogens is 348 g/mol. The highest BCUT2D eigenvalue weighted by Crippen LogP contribution is 2.37. The van der Waals surface area contributed by atoms with Crippen molar-refractivity contribution >= 4 is 5.69 Å². The summed E-state index contributed by atoms with van der Waals surface area (Å²) in [6.45, 7) is 7.67. The van der Waals surface area contributed by atoms with Crippen LogP contribution in [0.3, 0.4) is 0 Å². The molecule has 2 aromatic rings. The van der Waals surface area contributed by atoms with Crippen LogP contribution in [-0.2, 0) is 11.2 Å². The van der Waals surface area contributed by atoms with Crippen LogP contribution in [0.25, 0.3) is 0 Å². The summed E-state index contributed by atoms with van der Waals surface area (Å²) in [5.74, 6) is 0. The Bertz CT molecular complexity index is 736. The van der Waals surface area contributed by atoms with E-state index < -0.39 is 6.10 Å². The maximum atomic E-state index is 11.4. The van der Waals surface area contributed by atoms with Gasteiger partial charge in [0.25, 0.3) is 0 Å². The Hall–Kier alpha value is -1.88. The molecule has 152 valence electrons. The van der Waals surface area contributed by atoms with E-state index in [9.17, 15) is 5.11 Å². The monoisotopic (exact) mass is 382 g/mol. The quantitative estimate of drug-likeness (QED) is 0.790. The van der Waals surface area contributed by atoms with E-state index in [2.05, 4.69) is 86.3 Å². The lowest BCUT2D eigenvalue weighted by atomic mass is 9.79. The molecule has 0 amide bonds. The Balaban J connectivity index is 1.84. The zero-order valence-corrected chi connectivity index (χ0v) is 17.7. The lowest BCUT2D eigenvalue weighted by Gasteiger charge is -2.43. The summed E-state index contributed by atoms with van der Waals surface area (Å²) in [5.41, 5.74) is 4.33. The Morgan fingerprint density at radius 2 is 1.64 bits per heavy atom. The first kappa shape index (κ1) is 20.8. The van der Waals surface area contributed by atoms with Gasteiger partial charge in [0.2, 0.25) is 0 Å². The fourth-order valence-electron chi connectivity index (χ4n) is 4.19. The Labute approximate surface area is 169 Å². The van der Waals surface area contributed by atoms with Gasteiger partial charge in [-0.05, 0) is 57.1 Å². The summed E-state index contributed by atoms with van der Waals surface area (Å²) < 4.78 is 5.45. The first-order valence-corrected chi connectivity index (χ1v) is 10.3. The topological polar surface area (TPSA) is 35.9 Å². The van der Waals surface area contributed by atoms with Crippen molar-refractivity contribution in [1.29, 1.82) is 0 Å². The fourth-order valence-corrected chi connectivity index (χ4v) is 4.19. The van der Waals surface area contributed by atoms with E-state index >= 15 is 0 Å². The molecule has 1 aliphatic rings. The van der Waals surface area contributed by atoms with Crippen molar-refractivity contribution in [2.75, 3.05) is 45.3 Å². The molecule has 4 heteroatoms. The number of nitrogens with zero attached hydrogens (tertiary/aromatic N) is 2. The molecule has 1 N–H and O–H groups in total. The molecule has 4 nitrogen and oxygen atoms in total. The van der Waals surface area contributed by atoms with Crippen molar-refractivity contribution in [2.24, 2.45) is 0 Å². The maximum Gasteiger partial charge on any atom is 0.0976 e. The largest absolute Gasteiger partial charge is 0.386 e. The molecule has 0 aliphatic carbocycles. The molecule has 0 bridgehead atoms. The maximum absolute atomic E-state index is 11.4. The molecule has 0 saturated carbocycles. The molecule has 2 atom stereocenters. The number of likely N-dealkylation sites (N-methyl/N-ethyl adjacent to an activating group) is 1. The normalized spacial score (nSPS) is 18.1. The van der Waals surface area contributed by atoms with E-state index in [0.29, 0.717) is 0 Å². The van der Waals surface area contributed by atoms with Crippen LogP contribution in [0, 0.1) is 6.92 Å².